The largest absolute Gasteiger partial charge is 0.493 e. The van der Waals surface area contributed by atoms with Crippen LogP contribution >= 0.6 is 24.8 Å². The van der Waals surface area contributed by atoms with E-state index in [-0.39, 0.29) is 24.8 Å². The van der Waals surface area contributed by atoms with E-state index in [1.807, 2.05) is 12.1 Å². The van der Waals surface area contributed by atoms with Crippen molar-refractivity contribution in [2.75, 3.05) is 40.4 Å². The van der Waals surface area contributed by atoms with Gasteiger partial charge in [0, 0.05) is 37.8 Å². The monoisotopic (exact) mass is 336 g/mol. The van der Waals surface area contributed by atoms with Crippen molar-refractivity contribution in [1.82, 2.24) is 10.2 Å². The Morgan fingerprint density at radius 1 is 1.14 bits per heavy atom. The number of nitrogens with one attached hydrogen (secondary N) is 1. The number of benzene rings is 1. The Bertz CT molecular complexity index is 413. The highest BCUT2D eigenvalue weighted by atomic mass is 35.5. The van der Waals surface area contributed by atoms with Gasteiger partial charge in [0.1, 0.15) is 0 Å². The van der Waals surface area contributed by atoms with Crippen LogP contribution in [0.25, 0.3) is 0 Å². The second-order valence-corrected chi connectivity index (χ2v) is 4.79. The number of halogens is 2. The molecule has 0 spiro atoms. The highest BCUT2D eigenvalue weighted by Crippen LogP contribution is 2.38. The van der Waals surface area contributed by atoms with Crippen molar-refractivity contribution in [3.05, 3.63) is 23.8 Å². The first-order valence-electron chi connectivity index (χ1n) is 6.97. The topological polar surface area (TPSA) is 33.7 Å². The van der Waals surface area contributed by atoms with Crippen LogP contribution in [0.1, 0.15) is 24.9 Å². The Balaban J connectivity index is 0.00000200. The molecule has 0 saturated carbocycles. The standard InChI is InChI=1S/C15H24N2O2.2ClH/c1-4-13(17-10-8-16-9-11-17)12-6-5-7-14(18-2)15(12)19-3;;/h5-7,13,16H,4,8-11H2,1-3H3;2*1H/t13-;;/m0../s1. The molecule has 2 rings (SSSR count). The lowest BCUT2D eigenvalue weighted by atomic mass is 10.0. The van der Waals surface area contributed by atoms with E-state index in [2.05, 4.69) is 23.2 Å². The summed E-state index contributed by atoms with van der Waals surface area (Å²) in [6, 6.07) is 6.54. The lowest BCUT2D eigenvalue weighted by Crippen LogP contribution is -2.45. The van der Waals surface area contributed by atoms with E-state index in [9.17, 15) is 0 Å². The quantitative estimate of drug-likeness (QED) is 0.896. The van der Waals surface area contributed by atoms with E-state index < -0.39 is 0 Å². The summed E-state index contributed by atoms with van der Waals surface area (Å²) in [5, 5.41) is 3.40. The minimum Gasteiger partial charge on any atom is -0.493 e. The van der Waals surface area contributed by atoms with Crippen molar-refractivity contribution in [3.63, 3.8) is 0 Å². The zero-order valence-electron chi connectivity index (χ0n) is 12.9. The minimum atomic E-state index is 0. The predicted molar refractivity (Wildman–Crippen MR) is 91.5 cm³/mol. The van der Waals surface area contributed by atoms with Crippen LogP contribution < -0.4 is 14.8 Å². The van der Waals surface area contributed by atoms with Crippen molar-refractivity contribution >= 4 is 24.8 Å². The van der Waals surface area contributed by atoms with Gasteiger partial charge in [-0.05, 0) is 12.5 Å². The molecule has 1 aromatic carbocycles. The molecule has 0 amide bonds. The van der Waals surface area contributed by atoms with Gasteiger partial charge < -0.3 is 14.8 Å². The summed E-state index contributed by atoms with van der Waals surface area (Å²) < 4.78 is 11.0. The fourth-order valence-electron chi connectivity index (χ4n) is 2.84. The van der Waals surface area contributed by atoms with Gasteiger partial charge in [-0.25, -0.2) is 0 Å². The summed E-state index contributed by atoms with van der Waals surface area (Å²) in [6.07, 6.45) is 1.07. The van der Waals surface area contributed by atoms with Crippen LogP contribution in [0.4, 0.5) is 0 Å². The maximum Gasteiger partial charge on any atom is 0.165 e. The maximum atomic E-state index is 5.57. The third-order valence-corrected chi connectivity index (χ3v) is 3.77. The third kappa shape index (κ3) is 4.65. The molecule has 1 fully saturated rings. The molecule has 0 bridgehead atoms. The van der Waals surface area contributed by atoms with Gasteiger partial charge in [0.25, 0.3) is 0 Å². The van der Waals surface area contributed by atoms with Crippen LogP contribution in [0.5, 0.6) is 11.5 Å². The van der Waals surface area contributed by atoms with Crippen molar-refractivity contribution < 1.29 is 9.47 Å². The van der Waals surface area contributed by atoms with E-state index in [0.29, 0.717) is 6.04 Å². The number of hydrogen-bond donors (Lipinski definition) is 1. The Labute approximate surface area is 140 Å². The molecule has 0 radical (unpaired) electrons. The number of hydrogen-bond acceptors (Lipinski definition) is 4. The zero-order chi connectivity index (χ0) is 13.7. The molecule has 1 aromatic rings. The van der Waals surface area contributed by atoms with Gasteiger partial charge in [-0.3, -0.25) is 4.90 Å². The molecular formula is C15H26Cl2N2O2. The molecule has 1 heterocycles. The molecule has 4 nitrogen and oxygen atoms in total. The number of ether oxygens (including phenoxy) is 2. The summed E-state index contributed by atoms with van der Waals surface area (Å²) in [5.74, 6) is 1.68. The van der Waals surface area contributed by atoms with E-state index in [0.717, 1.165) is 44.1 Å². The van der Waals surface area contributed by atoms with Gasteiger partial charge in [0.2, 0.25) is 0 Å². The summed E-state index contributed by atoms with van der Waals surface area (Å²) in [7, 11) is 3.40. The molecule has 0 aromatic heterocycles. The van der Waals surface area contributed by atoms with Gasteiger partial charge in [0.05, 0.1) is 14.2 Å². The van der Waals surface area contributed by atoms with Crippen LogP contribution in [0.15, 0.2) is 18.2 Å². The minimum absolute atomic E-state index is 0. The molecule has 1 N–H and O–H groups in total. The smallest absolute Gasteiger partial charge is 0.165 e. The van der Waals surface area contributed by atoms with E-state index in [1.54, 1.807) is 14.2 Å². The average Bonchev–Trinajstić information content (AvgIpc) is 2.48. The molecular weight excluding hydrogens is 311 g/mol. The Kier molecular flexibility index (Phi) is 9.79. The SMILES string of the molecule is CC[C@@H](c1cccc(OC)c1OC)N1CCNCC1.Cl.Cl. The zero-order valence-corrected chi connectivity index (χ0v) is 14.6. The Morgan fingerprint density at radius 3 is 2.33 bits per heavy atom. The normalized spacial score (nSPS) is 16.3. The number of nitrogens with zero attached hydrogens (tertiary/aromatic N) is 1. The lowest BCUT2D eigenvalue weighted by Gasteiger charge is -2.35. The van der Waals surface area contributed by atoms with Crippen LogP contribution in [0, 0.1) is 0 Å². The van der Waals surface area contributed by atoms with Crippen molar-refractivity contribution in [3.8, 4) is 11.5 Å². The summed E-state index contributed by atoms with van der Waals surface area (Å²) in [5.41, 5.74) is 1.23. The fraction of sp³-hybridized carbons (Fsp3) is 0.600. The Hall–Kier alpha value is -0.680. The third-order valence-electron chi connectivity index (χ3n) is 3.77. The summed E-state index contributed by atoms with van der Waals surface area (Å²) in [4.78, 5) is 2.52. The van der Waals surface area contributed by atoms with Crippen molar-refractivity contribution in [1.29, 1.82) is 0 Å². The highest BCUT2D eigenvalue weighted by molar-refractivity contribution is 5.85. The fourth-order valence-corrected chi connectivity index (χ4v) is 2.84. The van der Waals surface area contributed by atoms with Crippen LogP contribution in [-0.2, 0) is 0 Å². The molecule has 21 heavy (non-hydrogen) atoms. The molecule has 1 saturated heterocycles. The van der Waals surface area contributed by atoms with Crippen LogP contribution in [0.2, 0.25) is 0 Å². The number of rotatable bonds is 5. The first-order valence-corrected chi connectivity index (χ1v) is 6.97. The molecule has 1 atom stereocenters. The van der Waals surface area contributed by atoms with Gasteiger partial charge in [-0.1, -0.05) is 19.1 Å². The number of para-hydroxylation sites is 1. The van der Waals surface area contributed by atoms with Gasteiger partial charge in [-0.2, -0.15) is 0 Å². The average molecular weight is 337 g/mol. The highest BCUT2D eigenvalue weighted by Gasteiger charge is 2.24. The van der Waals surface area contributed by atoms with E-state index in [4.69, 9.17) is 9.47 Å². The molecule has 0 aliphatic carbocycles. The predicted octanol–water partition coefficient (Wildman–Crippen LogP) is 2.90. The molecule has 1 aliphatic heterocycles. The van der Waals surface area contributed by atoms with Gasteiger partial charge in [-0.15, -0.1) is 24.8 Å². The van der Waals surface area contributed by atoms with Crippen molar-refractivity contribution in [2.24, 2.45) is 0 Å². The molecule has 1 aliphatic rings. The maximum absolute atomic E-state index is 5.57. The number of methoxy groups -OCH3 is 2. The second kappa shape index (κ2) is 10.1. The lowest BCUT2D eigenvalue weighted by molar-refractivity contribution is 0.166. The molecule has 6 heteroatoms. The second-order valence-electron chi connectivity index (χ2n) is 4.79. The summed E-state index contributed by atoms with van der Waals surface area (Å²) in [6.45, 7) is 6.51. The summed E-state index contributed by atoms with van der Waals surface area (Å²) >= 11 is 0. The van der Waals surface area contributed by atoms with Crippen LogP contribution in [-0.4, -0.2) is 45.3 Å². The van der Waals surface area contributed by atoms with E-state index in [1.165, 1.54) is 5.56 Å². The van der Waals surface area contributed by atoms with Crippen molar-refractivity contribution in [2.45, 2.75) is 19.4 Å². The van der Waals surface area contributed by atoms with Gasteiger partial charge >= 0.3 is 0 Å². The Morgan fingerprint density at radius 2 is 1.81 bits per heavy atom. The molecule has 122 valence electrons. The first-order chi connectivity index (χ1) is 9.31. The molecule has 0 unspecified atom stereocenters. The first kappa shape index (κ1) is 20.3. The van der Waals surface area contributed by atoms with Gasteiger partial charge in [0.15, 0.2) is 11.5 Å². The van der Waals surface area contributed by atoms with Crippen LogP contribution in [0.3, 0.4) is 0 Å². The van der Waals surface area contributed by atoms with E-state index >= 15 is 0 Å². The number of piperazine rings is 1.